The minimum atomic E-state index is -4.05. The van der Waals surface area contributed by atoms with Crippen LogP contribution in [-0.4, -0.2) is 39.3 Å². The van der Waals surface area contributed by atoms with Crippen LogP contribution in [0, 0.1) is 0 Å². The van der Waals surface area contributed by atoms with Gasteiger partial charge in [0.1, 0.15) is 10.6 Å². The first kappa shape index (κ1) is 15.0. The summed E-state index contributed by atoms with van der Waals surface area (Å²) in [5.41, 5.74) is 6.66. The molecule has 2 rings (SSSR count). The summed E-state index contributed by atoms with van der Waals surface area (Å²) < 4.78 is 55.5. The standard InChI is InChI=1S/C12H16F2N2O3S/c1-16(7-11(13)14)20(17,18)10-6-9(15)5-8-3-2-4-19-12(8)10/h5-6,11H,2-4,7,15H2,1H3. The monoisotopic (exact) mass is 306 g/mol. The van der Waals surface area contributed by atoms with E-state index >= 15 is 0 Å². The summed E-state index contributed by atoms with van der Waals surface area (Å²) in [4.78, 5) is -0.143. The minimum Gasteiger partial charge on any atom is -0.492 e. The number of hydrogen-bond acceptors (Lipinski definition) is 4. The number of anilines is 1. The SMILES string of the molecule is CN(CC(F)F)S(=O)(=O)c1cc(N)cc2c1OCCC2. The van der Waals surface area contributed by atoms with E-state index in [0.717, 1.165) is 13.5 Å². The van der Waals surface area contributed by atoms with Crippen LogP contribution in [0.1, 0.15) is 12.0 Å². The van der Waals surface area contributed by atoms with Gasteiger partial charge in [-0.15, -0.1) is 0 Å². The molecule has 0 aliphatic carbocycles. The molecule has 0 amide bonds. The normalized spacial score (nSPS) is 15.2. The Hall–Kier alpha value is -1.41. The van der Waals surface area contributed by atoms with Crippen LogP contribution in [0.3, 0.4) is 0 Å². The summed E-state index contributed by atoms with van der Waals surface area (Å²) in [6, 6.07) is 2.90. The van der Waals surface area contributed by atoms with Crippen molar-refractivity contribution in [3.63, 3.8) is 0 Å². The third-order valence-corrected chi connectivity index (χ3v) is 4.90. The molecular weight excluding hydrogens is 290 g/mol. The second-order valence-electron chi connectivity index (χ2n) is 4.64. The number of rotatable bonds is 4. The lowest BCUT2D eigenvalue weighted by molar-refractivity contribution is 0.126. The molecule has 20 heavy (non-hydrogen) atoms. The van der Waals surface area contributed by atoms with Crippen LogP contribution in [0.4, 0.5) is 14.5 Å². The highest BCUT2D eigenvalue weighted by molar-refractivity contribution is 7.89. The third-order valence-electron chi connectivity index (χ3n) is 3.07. The molecule has 1 heterocycles. The molecule has 0 radical (unpaired) electrons. The minimum absolute atomic E-state index is 0.143. The number of sulfonamides is 1. The highest BCUT2D eigenvalue weighted by Crippen LogP contribution is 2.35. The van der Waals surface area contributed by atoms with E-state index in [9.17, 15) is 17.2 Å². The Morgan fingerprint density at radius 3 is 2.80 bits per heavy atom. The van der Waals surface area contributed by atoms with E-state index in [1.165, 1.54) is 6.07 Å². The average molecular weight is 306 g/mol. The lowest BCUT2D eigenvalue weighted by Crippen LogP contribution is -2.32. The van der Waals surface area contributed by atoms with Gasteiger partial charge in [-0.25, -0.2) is 17.2 Å². The molecule has 5 nitrogen and oxygen atoms in total. The molecular formula is C12H16F2N2O3S. The molecule has 0 saturated carbocycles. The number of benzene rings is 1. The van der Waals surface area contributed by atoms with E-state index in [2.05, 4.69) is 0 Å². The van der Waals surface area contributed by atoms with Crippen molar-refractivity contribution < 1.29 is 21.9 Å². The van der Waals surface area contributed by atoms with Gasteiger partial charge in [0.05, 0.1) is 13.2 Å². The van der Waals surface area contributed by atoms with Gasteiger partial charge in [0.2, 0.25) is 10.0 Å². The van der Waals surface area contributed by atoms with Gasteiger partial charge in [-0.1, -0.05) is 0 Å². The van der Waals surface area contributed by atoms with Crippen LogP contribution in [0.15, 0.2) is 17.0 Å². The van der Waals surface area contributed by atoms with Crippen LogP contribution >= 0.6 is 0 Å². The van der Waals surface area contributed by atoms with Crippen molar-refractivity contribution in [1.29, 1.82) is 0 Å². The molecule has 1 aliphatic heterocycles. The largest absolute Gasteiger partial charge is 0.492 e. The zero-order valence-corrected chi connectivity index (χ0v) is 11.8. The lowest BCUT2D eigenvalue weighted by Gasteiger charge is -2.23. The Labute approximate surface area is 116 Å². The molecule has 1 aromatic rings. The number of alkyl halides is 2. The van der Waals surface area contributed by atoms with Gasteiger partial charge in [-0.3, -0.25) is 0 Å². The summed E-state index contributed by atoms with van der Waals surface area (Å²) in [6.45, 7) is -0.468. The maximum atomic E-state index is 12.4. The fourth-order valence-corrected chi connectivity index (χ4v) is 3.48. The predicted octanol–water partition coefficient (Wildman–Crippen LogP) is 1.48. The smallest absolute Gasteiger partial charge is 0.252 e. The molecule has 2 N–H and O–H groups in total. The number of nitrogens with zero attached hydrogens (tertiary/aromatic N) is 1. The van der Waals surface area contributed by atoms with E-state index < -0.39 is 23.0 Å². The molecule has 0 fully saturated rings. The van der Waals surface area contributed by atoms with E-state index in [4.69, 9.17) is 10.5 Å². The molecule has 0 unspecified atom stereocenters. The van der Waals surface area contributed by atoms with Gasteiger partial charge in [0, 0.05) is 12.7 Å². The molecule has 112 valence electrons. The van der Waals surface area contributed by atoms with Gasteiger partial charge in [0.15, 0.2) is 0 Å². The van der Waals surface area contributed by atoms with Crippen LogP contribution in [0.25, 0.3) is 0 Å². The topological polar surface area (TPSA) is 72.6 Å². The van der Waals surface area contributed by atoms with Crippen molar-refractivity contribution in [2.45, 2.75) is 24.2 Å². The highest BCUT2D eigenvalue weighted by atomic mass is 32.2. The molecule has 0 spiro atoms. The number of hydrogen-bond donors (Lipinski definition) is 1. The number of halogens is 2. The van der Waals surface area contributed by atoms with E-state index in [1.54, 1.807) is 6.07 Å². The molecule has 0 aromatic heterocycles. The second kappa shape index (κ2) is 5.53. The van der Waals surface area contributed by atoms with Crippen LogP contribution < -0.4 is 10.5 Å². The Kier molecular flexibility index (Phi) is 4.14. The van der Waals surface area contributed by atoms with Gasteiger partial charge >= 0.3 is 0 Å². The summed E-state index contributed by atoms with van der Waals surface area (Å²) in [7, 11) is -2.94. The van der Waals surface area contributed by atoms with Crippen molar-refractivity contribution in [2.75, 3.05) is 25.9 Å². The van der Waals surface area contributed by atoms with Gasteiger partial charge < -0.3 is 10.5 Å². The first-order valence-corrected chi connectivity index (χ1v) is 7.56. The third kappa shape index (κ3) is 2.85. The van der Waals surface area contributed by atoms with Crippen LogP contribution in [0.2, 0.25) is 0 Å². The maximum Gasteiger partial charge on any atom is 0.252 e. The quantitative estimate of drug-likeness (QED) is 0.855. The van der Waals surface area contributed by atoms with Crippen LogP contribution in [0.5, 0.6) is 5.75 Å². The van der Waals surface area contributed by atoms with Crippen molar-refractivity contribution in [1.82, 2.24) is 4.31 Å². The zero-order valence-electron chi connectivity index (χ0n) is 11.0. The zero-order chi connectivity index (χ0) is 14.9. The molecule has 1 aromatic carbocycles. The molecule has 8 heteroatoms. The van der Waals surface area contributed by atoms with Gasteiger partial charge in [-0.2, -0.15) is 4.31 Å². The number of ether oxygens (including phenoxy) is 1. The van der Waals surface area contributed by atoms with E-state index in [-0.39, 0.29) is 16.3 Å². The maximum absolute atomic E-state index is 12.4. The summed E-state index contributed by atoms with van der Waals surface area (Å²) in [5, 5.41) is 0. The summed E-state index contributed by atoms with van der Waals surface area (Å²) in [6.07, 6.45) is -1.32. The number of nitrogen functional groups attached to an aromatic ring is 1. The number of nitrogens with two attached hydrogens (primary N) is 1. The van der Waals surface area contributed by atoms with E-state index in [0.29, 0.717) is 22.9 Å². The summed E-state index contributed by atoms with van der Waals surface area (Å²) >= 11 is 0. The highest BCUT2D eigenvalue weighted by Gasteiger charge is 2.30. The Morgan fingerprint density at radius 2 is 2.15 bits per heavy atom. The molecule has 0 bridgehead atoms. The van der Waals surface area contributed by atoms with E-state index in [1.807, 2.05) is 0 Å². The Morgan fingerprint density at radius 1 is 1.45 bits per heavy atom. The molecule has 0 saturated heterocycles. The fraction of sp³-hybridized carbons (Fsp3) is 0.500. The average Bonchev–Trinajstić information content (AvgIpc) is 2.36. The van der Waals surface area contributed by atoms with Crippen LogP contribution in [-0.2, 0) is 16.4 Å². The van der Waals surface area contributed by atoms with Crippen molar-refractivity contribution >= 4 is 15.7 Å². The second-order valence-corrected chi connectivity index (χ2v) is 6.65. The van der Waals surface area contributed by atoms with Gasteiger partial charge in [0.25, 0.3) is 6.43 Å². The fourth-order valence-electron chi connectivity index (χ4n) is 2.12. The molecule has 0 atom stereocenters. The van der Waals surface area contributed by atoms with Crippen molar-refractivity contribution in [3.8, 4) is 5.75 Å². The van der Waals surface area contributed by atoms with Crippen molar-refractivity contribution in [2.24, 2.45) is 0 Å². The Bertz CT molecular complexity index is 605. The Balaban J connectivity index is 2.48. The molecule has 1 aliphatic rings. The lowest BCUT2D eigenvalue weighted by atomic mass is 10.1. The first-order valence-electron chi connectivity index (χ1n) is 6.12. The number of fused-ring (bicyclic) bond motifs is 1. The predicted molar refractivity (Wildman–Crippen MR) is 70.5 cm³/mol. The first-order chi connectivity index (χ1) is 9.32. The summed E-state index contributed by atoms with van der Waals surface area (Å²) in [5.74, 6) is 0.228. The number of aryl methyl sites for hydroxylation is 1. The van der Waals surface area contributed by atoms with Gasteiger partial charge in [-0.05, 0) is 30.5 Å². The van der Waals surface area contributed by atoms with Crippen molar-refractivity contribution in [3.05, 3.63) is 17.7 Å².